The molecule has 0 heterocycles. The van der Waals surface area contributed by atoms with E-state index in [-0.39, 0.29) is 18.3 Å². The summed E-state index contributed by atoms with van der Waals surface area (Å²) in [6.45, 7) is 3.63. The summed E-state index contributed by atoms with van der Waals surface area (Å²) < 4.78 is 0. The van der Waals surface area contributed by atoms with Gasteiger partial charge in [-0.2, -0.15) is 0 Å². The van der Waals surface area contributed by atoms with E-state index in [0.717, 1.165) is 0 Å². The van der Waals surface area contributed by atoms with Gasteiger partial charge in [-0.25, -0.2) is 0 Å². The third-order valence-electron chi connectivity index (χ3n) is 0.973. The zero-order chi connectivity index (χ0) is 7.98. The van der Waals surface area contributed by atoms with Crippen LogP contribution in [0, 0.1) is 17.8 Å². The minimum atomic E-state index is -0.0616. The molecular formula is C8H12O2. The molecule has 0 aliphatic heterocycles. The molecular weight excluding hydrogens is 128 g/mol. The van der Waals surface area contributed by atoms with Gasteiger partial charge in [0.2, 0.25) is 5.78 Å². The number of rotatable bonds is 2. The van der Waals surface area contributed by atoms with Crippen molar-refractivity contribution in [1.29, 1.82) is 0 Å². The third kappa shape index (κ3) is 4.11. The fourth-order valence-electron chi connectivity index (χ4n) is 0.350. The minimum absolute atomic E-state index is 0.0220. The Hall–Kier alpha value is -0.810. The highest BCUT2D eigenvalue weighted by Gasteiger charge is 2.00. The van der Waals surface area contributed by atoms with Gasteiger partial charge in [0, 0.05) is 12.3 Å². The molecule has 10 heavy (non-hydrogen) atoms. The van der Waals surface area contributed by atoms with E-state index in [2.05, 4.69) is 11.8 Å². The number of Topliss-reactive ketones (excluding diaryl/α,β-unsaturated/α-hetero) is 1. The lowest BCUT2D eigenvalue weighted by atomic mass is 10.1. The molecule has 0 aromatic heterocycles. The molecule has 0 fully saturated rings. The maximum Gasteiger partial charge on any atom is 0.207 e. The lowest BCUT2D eigenvalue weighted by molar-refractivity contribution is -0.116. The smallest absolute Gasteiger partial charge is 0.207 e. The Morgan fingerprint density at radius 3 is 2.60 bits per heavy atom. The number of ketones is 1. The molecule has 0 aliphatic carbocycles. The summed E-state index contributed by atoms with van der Waals surface area (Å²) in [5.41, 5.74) is 0. The lowest BCUT2D eigenvalue weighted by Gasteiger charge is -1.91. The zero-order valence-corrected chi connectivity index (χ0v) is 6.35. The van der Waals surface area contributed by atoms with Gasteiger partial charge in [0.1, 0.15) is 0 Å². The van der Waals surface area contributed by atoms with Gasteiger partial charge in [0.25, 0.3) is 0 Å². The summed E-state index contributed by atoms with van der Waals surface area (Å²) in [4.78, 5) is 10.8. The number of hydrogen-bond acceptors (Lipinski definition) is 2. The van der Waals surface area contributed by atoms with E-state index in [1.807, 2.05) is 0 Å². The van der Waals surface area contributed by atoms with Crippen LogP contribution in [0.25, 0.3) is 0 Å². The van der Waals surface area contributed by atoms with E-state index in [0.29, 0.717) is 6.42 Å². The molecule has 0 aromatic carbocycles. The molecule has 0 aromatic rings. The van der Waals surface area contributed by atoms with Crippen LogP contribution in [0.4, 0.5) is 0 Å². The summed E-state index contributed by atoms with van der Waals surface area (Å²) in [5, 5.41) is 8.30. The van der Waals surface area contributed by atoms with E-state index in [1.54, 1.807) is 13.8 Å². The van der Waals surface area contributed by atoms with Crippen LogP contribution in [-0.2, 0) is 4.79 Å². The van der Waals surface area contributed by atoms with Gasteiger partial charge in [-0.3, -0.25) is 4.79 Å². The molecule has 0 atom stereocenters. The molecule has 2 heteroatoms. The Kier molecular flexibility index (Phi) is 4.61. The molecule has 0 saturated carbocycles. The molecule has 0 rings (SSSR count). The molecule has 0 unspecified atom stereocenters. The Labute approximate surface area is 61.2 Å². The predicted molar refractivity (Wildman–Crippen MR) is 39.3 cm³/mol. The van der Waals surface area contributed by atoms with Crippen LogP contribution in [0.15, 0.2) is 0 Å². The van der Waals surface area contributed by atoms with Gasteiger partial charge < -0.3 is 5.11 Å². The quantitative estimate of drug-likeness (QED) is 0.450. The summed E-state index contributed by atoms with van der Waals surface area (Å²) in [7, 11) is 0. The molecule has 0 saturated heterocycles. The Bertz CT molecular complexity index is 160. The Morgan fingerprint density at radius 2 is 2.20 bits per heavy atom. The van der Waals surface area contributed by atoms with Crippen molar-refractivity contribution in [3.63, 3.8) is 0 Å². The first kappa shape index (κ1) is 9.19. The van der Waals surface area contributed by atoms with Gasteiger partial charge in [-0.1, -0.05) is 19.8 Å². The largest absolute Gasteiger partial charge is 0.395 e. The van der Waals surface area contributed by atoms with Crippen LogP contribution in [0.3, 0.4) is 0 Å². The first-order valence-electron chi connectivity index (χ1n) is 3.32. The first-order valence-corrected chi connectivity index (χ1v) is 3.32. The Balaban J connectivity index is 3.69. The molecule has 0 bridgehead atoms. The van der Waals surface area contributed by atoms with Crippen molar-refractivity contribution >= 4 is 5.78 Å². The van der Waals surface area contributed by atoms with Crippen molar-refractivity contribution in [3.8, 4) is 11.8 Å². The van der Waals surface area contributed by atoms with Crippen LogP contribution < -0.4 is 0 Å². The third-order valence-corrected chi connectivity index (χ3v) is 0.973. The second-order valence-electron chi connectivity index (χ2n) is 2.29. The van der Waals surface area contributed by atoms with Crippen molar-refractivity contribution in [2.24, 2.45) is 5.92 Å². The van der Waals surface area contributed by atoms with Gasteiger partial charge in [0.05, 0.1) is 6.61 Å². The SMILES string of the molecule is CC(C)C(=O)C#CCCO. The van der Waals surface area contributed by atoms with Crippen molar-refractivity contribution in [2.75, 3.05) is 6.61 Å². The maximum atomic E-state index is 10.8. The number of carbonyl (C=O) groups is 1. The highest BCUT2D eigenvalue weighted by atomic mass is 16.2. The second kappa shape index (κ2) is 5.01. The normalized spacial score (nSPS) is 8.80. The van der Waals surface area contributed by atoms with Crippen LogP contribution in [0.2, 0.25) is 0 Å². The van der Waals surface area contributed by atoms with Crippen LogP contribution in [-0.4, -0.2) is 17.5 Å². The van der Waals surface area contributed by atoms with Gasteiger partial charge >= 0.3 is 0 Å². The van der Waals surface area contributed by atoms with E-state index in [9.17, 15) is 4.79 Å². The molecule has 0 aliphatic rings. The number of hydrogen-bond donors (Lipinski definition) is 1. The number of carbonyl (C=O) groups excluding carboxylic acids is 1. The highest BCUT2D eigenvalue weighted by molar-refractivity contribution is 5.96. The second-order valence-corrected chi connectivity index (χ2v) is 2.29. The fraction of sp³-hybridized carbons (Fsp3) is 0.625. The van der Waals surface area contributed by atoms with Crippen LogP contribution >= 0.6 is 0 Å². The first-order chi connectivity index (χ1) is 4.68. The number of aliphatic hydroxyl groups is 1. The van der Waals surface area contributed by atoms with Crippen molar-refractivity contribution in [1.82, 2.24) is 0 Å². The topological polar surface area (TPSA) is 37.3 Å². The minimum Gasteiger partial charge on any atom is -0.395 e. The summed E-state index contributed by atoms with van der Waals surface area (Å²) in [5.74, 6) is 4.92. The average Bonchev–Trinajstić information content (AvgIpc) is 1.88. The van der Waals surface area contributed by atoms with Gasteiger partial charge in [0.15, 0.2) is 0 Å². The van der Waals surface area contributed by atoms with E-state index < -0.39 is 0 Å². The standard InChI is InChI=1S/C8H12O2/c1-7(2)8(10)5-3-4-6-9/h7,9H,4,6H2,1-2H3. The van der Waals surface area contributed by atoms with Gasteiger partial charge in [-0.15, -0.1) is 0 Å². The Morgan fingerprint density at radius 1 is 1.60 bits per heavy atom. The van der Waals surface area contributed by atoms with Crippen molar-refractivity contribution < 1.29 is 9.90 Å². The number of aliphatic hydroxyl groups excluding tert-OH is 1. The molecule has 56 valence electrons. The monoisotopic (exact) mass is 140 g/mol. The van der Waals surface area contributed by atoms with Crippen molar-refractivity contribution in [2.45, 2.75) is 20.3 Å². The predicted octanol–water partition coefficient (Wildman–Crippen LogP) is 0.597. The fourth-order valence-corrected chi connectivity index (χ4v) is 0.350. The zero-order valence-electron chi connectivity index (χ0n) is 6.35. The highest BCUT2D eigenvalue weighted by Crippen LogP contribution is 1.91. The molecule has 0 amide bonds. The van der Waals surface area contributed by atoms with Gasteiger partial charge in [-0.05, 0) is 5.92 Å². The molecule has 0 spiro atoms. The van der Waals surface area contributed by atoms with Crippen molar-refractivity contribution in [3.05, 3.63) is 0 Å². The molecule has 0 radical (unpaired) electrons. The van der Waals surface area contributed by atoms with Crippen LogP contribution in [0.1, 0.15) is 20.3 Å². The maximum absolute atomic E-state index is 10.8. The summed E-state index contributed by atoms with van der Waals surface area (Å²) in [6, 6.07) is 0. The molecule has 2 nitrogen and oxygen atoms in total. The van der Waals surface area contributed by atoms with E-state index >= 15 is 0 Å². The van der Waals surface area contributed by atoms with E-state index in [1.165, 1.54) is 0 Å². The summed E-state index contributed by atoms with van der Waals surface area (Å²) >= 11 is 0. The average molecular weight is 140 g/mol. The summed E-state index contributed by atoms with van der Waals surface area (Å²) in [6.07, 6.45) is 0.387. The van der Waals surface area contributed by atoms with E-state index in [4.69, 9.17) is 5.11 Å². The lowest BCUT2D eigenvalue weighted by Crippen LogP contribution is -2.02. The molecule has 1 N–H and O–H groups in total. The van der Waals surface area contributed by atoms with Crippen LogP contribution in [0.5, 0.6) is 0 Å².